The summed E-state index contributed by atoms with van der Waals surface area (Å²) in [5.74, 6) is 0.831. The minimum Gasteiger partial charge on any atom is -0.357 e. The SMILES string of the molecule is CCNC(=NCCn1cc(C)cn1)NC(C)c1ccc2ccccc2c1.I. The average Bonchev–Trinajstić information content (AvgIpc) is 3.06. The van der Waals surface area contributed by atoms with E-state index in [-0.39, 0.29) is 30.0 Å². The average molecular weight is 477 g/mol. The fourth-order valence-electron chi connectivity index (χ4n) is 2.94. The second-order valence-corrected chi connectivity index (χ2v) is 6.51. The molecule has 3 rings (SSSR count). The van der Waals surface area contributed by atoms with Crippen molar-refractivity contribution in [3.05, 3.63) is 66.0 Å². The van der Waals surface area contributed by atoms with Gasteiger partial charge in [-0.25, -0.2) is 0 Å². The lowest BCUT2D eigenvalue weighted by molar-refractivity contribution is 0.617. The Balaban J connectivity index is 0.00000261. The van der Waals surface area contributed by atoms with Crippen LogP contribution in [0.25, 0.3) is 10.8 Å². The summed E-state index contributed by atoms with van der Waals surface area (Å²) >= 11 is 0. The van der Waals surface area contributed by atoms with Crippen LogP contribution in [0.2, 0.25) is 0 Å². The second-order valence-electron chi connectivity index (χ2n) is 6.51. The topological polar surface area (TPSA) is 54.2 Å². The molecule has 2 aromatic carbocycles. The molecule has 0 aliphatic heterocycles. The fourth-order valence-corrected chi connectivity index (χ4v) is 2.94. The fraction of sp³-hybridized carbons (Fsp3) is 0.333. The minimum absolute atomic E-state index is 0. The van der Waals surface area contributed by atoms with Gasteiger partial charge in [-0.3, -0.25) is 9.67 Å². The van der Waals surface area contributed by atoms with Crippen molar-refractivity contribution in [1.29, 1.82) is 0 Å². The van der Waals surface area contributed by atoms with Crippen LogP contribution in [-0.4, -0.2) is 28.8 Å². The molecule has 5 nitrogen and oxygen atoms in total. The maximum atomic E-state index is 4.68. The number of halogens is 1. The molecule has 1 atom stereocenters. The lowest BCUT2D eigenvalue weighted by Gasteiger charge is -2.18. The largest absolute Gasteiger partial charge is 0.357 e. The molecule has 0 fully saturated rings. The third-order valence-corrected chi connectivity index (χ3v) is 4.33. The first-order chi connectivity index (χ1) is 12.7. The van der Waals surface area contributed by atoms with E-state index < -0.39 is 0 Å². The summed E-state index contributed by atoms with van der Waals surface area (Å²) in [5.41, 5.74) is 2.42. The molecule has 0 saturated carbocycles. The molecule has 0 aliphatic carbocycles. The van der Waals surface area contributed by atoms with Crippen molar-refractivity contribution in [3.63, 3.8) is 0 Å². The van der Waals surface area contributed by atoms with Crippen molar-refractivity contribution in [2.75, 3.05) is 13.1 Å². The van der Waals surface area contributed by atoms with Crippen molar-refractivity contribution in [1.82, 2.24) is 20.4 Å². The maximum Gasteiger partial charge on any atom is 0.191 e. The van der Waals surface area contributed by atoms with E-state index in [0.29, 0.717) is 6.54 Å². The van der Waals surface area contributed by atoms with Crippen LogP contribution >= 0.6 is 24.0 Å². The number of guanidine groups is 1. The number of hydrogen-bond donors (Lipinski definition) is 2. The molecule has 2 N–H and O–H groups in total. The highest BCUT2D eigenvalue weighted by Gasteiger charge is 2.08. The molecular formula is C21H28IN5. The van der Waals surface area contributed by atoms with Crippen LogP contribution in [0.15, 0.2) is 59.9 Å². The van der Waals surface area contributed by atoms with Crippen molar-refractivity contribution >= 4 is 40.7 Å². The number of aliphatic imine (C=N–C) groups is 1. The van der Waals surface area contributed by atoms with Crippen LogP contribution in [0.4, 0.5) is 0 Å². The summed E-state index contributed by atoms with van der Waals surface area (Å²) in [5, 5.41) is 13.6. The van der Waals surface area contributed by atoms with Gasteiger partial charge in [0.1, 0.15) is 0 Å². The van der Waals surface area contributed by atoms with E-state index in [1.807, 2.05) is 24.0 Å². The summed E-state index contributed by atoms with van der Waals surface area (Å²) in [4.78, 5) is 4.68. The molecular weight excluding hydrogens is 449 g/mol. The van der Waals surface area contributed by atoms with E-state index in [1.165, 1.54) is 21.9 Å². The molecule has 0 radical (unpaired) electrons. The van der Waals surface area contributed by atoms with Crippen molar-refractivity contribution < 1.29 is 0 Å². The highest BCUT2D eigenvalue weighted by atomic mass is 127. The van der Waals surface area contributed by atoms with Gasteiger partial charge in [0.2, 0.25) is 0 Å². The Bertz CT molecular complexity index is 887. The summed E-state index contributed by atoms with van der Waals surface area (Å²) in [6.45, 7) is 8.57. The number of aromatic nitrogens is 2. The number of fused-ring (bicyclic) bond motifs is 1. The van der Waals surface area contributed by atoms with Gasteiger partial charge in [-0.2, -0.15) is 5.10 Å². The number of hydrogen-bond acceptors (Lipinski definition) is 2. The third kappa shape index (κ3) is 5.95. The second kappa shape index (κ2) is 10.3. The van der Waals surface area contributed by atoms with Gasteiger partial charge in [0.15, 0.2) is 5.96 Å². The first kappa shape index (κ1) is 21.2. The molecule has 1 heterocycles. The molecule has 1 aromatic heterocycles. The van der Waals surface area contributed by atoms with Crippen LogP contribution in [0.1, 0.15) is 31.0 Å². The van der Waals surface area contributed by atoms with Gasteiger partial charge in [-0.1, -0.05) is 36.4 Å². The first-order valence-electron chi connectivity index (χ1n) is 9.18. The lowest BCUT2D eigenvalue weighted by Crippen LogP contribution is -2.39. The quantitative estimate of drug-likeness (QED) is 0.317. The van der Waals surface area contributed by atoms with Crippen LogP contribution in [0.3, 0.4) is 0 Å². The van der Waals surface area contributed by atoms with E-state index in [4.69, 9.17) is 0 Å². The number of aryl methyl sites for hydroxylation is 1. The van der Waals surface area contributed by atoms with Gasteiger partial charge < -0.3 is 10.6 Å². The van der Waals surface area contributed by atoms with Crippen LogP contribution in [0.5, 0.6) is 0 Å². The van der Waals surface area contributed by atoms with Crippen molar-refractivity contribution in [2.24, 2.45) is 4.99 Å². The zero-order chi connectivity index (χ0) is 18.4. The maximum absolute atomic E-state index is 4.68. The number of benzene rings is 2. The molecule has 0 bridgehead atoms. The normalized spacial score (nSPS) is 12.5. The molecule has 0 saturated heterocycles. The highest BCUT2D eigenvalue weighted by molar-refractivity contribution is 14.0. The predicted octanol–water partition coefficient (Wildman–Crippen LogP) is 4.28. The van der Waals surface area contributed by atoms with Gasteiger partial charge in [0, 0.05) is 12.7 Å². The first-order valence-corrected chi connectivity index (χ1v) is 9.18. The number of nitrogens with zero attached hydrogens (tertiary/aromatic N) is 3. The zero-order valence-electron chi connectivity index (χ0n) is 16.1. The van der Waals surface area contributed by atoms with Gasteiger partial charge >= 0.3 is 0 Å². The Morgan fingerprint density at radius 2 is 1.96 bits per heavy atom. The molecule has 3 aromatic rings. The molecule has 0 amide bonds. The molecule has 27 heavy (non-hydrogen) atoms. The summed E-state index contributed by atoms with van der Waals surface area (Å²) in [6.07, 6.45) is 3.91. The smallest absolute Gasteiger partial charge is 0.191 e. The Hall–Kier alpha value is -2.09. The van der Waals surface area contributed by atoms with E-state index in [0.717, 1.165) is 19.0 Å². The molecule has 6 heteroatoms. The number of nitrogens with one attached hydrogen (secondary N) is 2. The third-order valence-electron chi connectivity index (χ3n) is 4.33. The summed E-state index contributed by atoms with van der Waals surface area (Å²) < 4.78 is 1.93. The monoisotopic (exact) mass is 477 g/mol. The van der Waals surface area contributed by atoms with Crippen LogP contribution in [0, 0.1) is 6.92 Å². The predicted molar refractivity (Wildman–Crippen MR) is 124 cm³/mol. The highest BCUT2D eigenvalue weighted by Crippen LogP contribution is 2.20. The molecule has 1 unspecified atom stereocenters. The molecule has 144 valence electrons. The summed E-state index contributed by atoms with van der Waals surface area (Å²) in [6, 6.07) is 15.2. The van der Waals surface area contributed by atoms with E-state index in [2.05, 4.69) is 77.0 Å². The standard InChI is InChI=1S/C21H27N5.HI/c1-4-22-21(23-11-12-26-15-16(2)14-24-26)25-17(3)19-10-9-18-7-5-6-8-20(18)13-19;/h5-10,13-15,17H,4,11-12H2,1-3H3,(H2,22,23,25);1H. The minimum atomic E-state index is 0. The Morgan fingerprint density at radius 3 is 2.67 bits per heavy atom. The van der Waals surface area contributed by atoms with Gasteiger partial charge in [0.05, 0.1) is 25.3 Å². The number of rotatable bonds is 6. The lowest BCUT2D eigenvalue weighted by atomic mass is 10.0. The van der Waals surface area contributed by atoms with Crippen LogP contribution in [-0.2, 0) is 6.54 Å². The van der Waals surface area contributed by atoms with E-state index >= 15 is 0 Å². The Morgan fingerprint density at radius 1 is 1.19 bits per heavy atom. The van der Waals surface area contributed by atoms with Crippen molar-refractivity contribution in [3.8, 4) is 0 Å². The van der Waals surface area contributed by atoms with E-state index in [1.54, 1.807) is 0 Å². The Labute approximate surface area is 178 Å². The van der Waals surface area contributed by atoms with Crippen LogP contribution < -0.4 is 10.6 Å². The van der Waals surface area contributed by atoms with Crippen molar-refractivity contribution in [2.45, 2.75) is 33.4 Å². The molecule has 0 aliphatic rings. The summed E-state index contributed by atoms with van der Waals surface area (Å²) in [7, 11) is 0. The van der Waals surface area contributed by atoms with Gasteiger partial charge in [-0.15, -0.1) is 24.0 Å². The van der Waals surface area contributed by atoms with Gasteiger partial charge in [-0.05, 0) is 48.7 Å². The molecule has 0 spiro atoms. The van der Waals surface area contributed by atoms with Gasteiger partial charge in [0.25, 0.3) is 0 Å². The van der Waals surface area contributed by atoms with E-state index in [9.17, 15) is 0 Å². The zero-order valence-corrected chi connectivity index (χ0v) is 18.5. The Kier molecular flexibility index (Phi) is 8.09.